The van der Waals surface area contributed by atoms with E-state index in [9.17, 15) is 9.59 Å². The van der Waals surface area contributed by atoms with Gasteiger partial charge in [0.1, 0.15) is 0 Å². The highest BCUT2D eigenvalue weighted by Gasteiger charge is 2.19. The number of carbonyl (C=O) groups excluding carboxylic acids is 2. The van der Waals surface area contributed by atoms with Gasteiger partial charge in [0, 0.05) is 50.5 Å². The number of esters is 1. The molecular weight excluding hydrogens is 418 g/mol. The second-order valence-electron chi connectivity index (χ2n) is 8.60. The molecule has 0 aliphatic carbocycles. The van der Waals surface area contributed by atoms with Gasteiger partial charge in [-0.15, -0.1) is 0 Å². The fraction of sp³-hybridized carbons (Fsp3) is 0.400. The maximum Gasteiger partial charge on any atom is 0.319 e. The molecule has 1 amide bonds. The van der Waals surface area contributed by atoms with Crippen LogP contribution in [0.2, 0.25) is 0 Å². The Morgan fingerprint density at radius 2 is 1.79 bits per heavy atom. The topological polar surface area (TPSA) is 77.5 Å². The Kier molecular flexibility index (Phi) is 7.36. The molecule has 0 atom stereocenters. The summed E-state index contributed by atoms with van der Waals surface area (Å²) in [5.41, 5.74) is 4.68. The molecule has 0 bridgehead atoms. The number of fused-ring (bicyclic) bond motifs is 1. The van der Waals surface area contributed by atoms with Crippen LogP contribution in [0.3, 0.4) is 0 Å². The van der Waals surface area contributed by atoms with Crippen molar-refractivity contribution in [3.63, 3.8) is 0 Å². The van der Waals surface area contributed by atoms with Crippen molar-refractivity contribution in [3.05, 3.63) is 64.7 Å². The predicted molar refractivity (Wildman–Crippen MR) is 128 cm³/mol. The zero-order valence-electron chi connectivity index (χ0n) is 19.3. The summed E-state index contributed by atoms with van der Waals surface area (Å²) in [4.78, 5) is 28.7. The van der Waals surface area contributed by atoms with Gasteiger partial charge >= 0.3 is 5.97 Å². The number of rotatable bonds is 6. The van der Waals surface area contributed by atoms with E-state index in [1.807, 2.05) is 42.6 Å². The van der Waals surface area contributed by atoms with Crippen LogP contribution in [0.15, 0.2) is 47.6 Å². The van der Waals surface area contributed by atoms with Gasteiger partial charge in [-0.2, -0.15) is 5.10 Å². The molecule has 33 heavy (non-hydrogen) atoms. The molecule has 0 unspecified atom stereocenters. The summed E-state index contributed by atoms with van der Waals surface area (Å²) < 4.78 is 4.77. The van der Waals surface area contributed by atoms with Crippen LogP contribution in [-0.4, -0.2) is 86.3 Å². The lowest BCUT2D eigenvalue weighted by atomic mass is 9.99. The van der Waals surface area contributed by atoms with E-state index in [1.165, 1.54) is 12.7 Å². The minimum atomic E-state index is -0.236. The molecule has 8 nitrogen and oxygen atoms in total. The monoisotopic (exact) mass is 449 g/mol. The van der Waals surface area contributed by atoms with Crippen molar-refractivity contribution in [1.82, 2.24) is 14.8 Å². The van der Waals surface area contributed by atoms with Crippen molar-refractivity contribution in [3.8, 4) is 0 Å². The average Bonchev–Trinajstić information content (AvgIpc) is 2.83. The van der Waals surface area contributed by atoms with Crippen LogP contribution < -0.4 is 5.32 Å². The molecule has 1 fully saturated rings. The van der Waals surface area contributed by atoms with Gasteiger partial charge in [-0.3, -0.25) is 19.5 Å². The lowest BCUT2D eigenvalue weighted by Crippen LogP contribution is -2.41. The molecule has 0 spiro atoms. The molecule has 8 heteroatoms. The Labute approximate surface area is 194 Å². The first-order valence-corrected chi connectivity index (χ1v) is 11.3. The molecule has 2 heterocycles. The number of nitrogens with one attached hydrogen (secondary N) is 1. The number of methoxy groups -OCH3 is 1. The summed E-state index contributed by atoms with van der Waals surface area (Å²) in [6.07, 6.45) is 2.72. The average molecular weight is 450 g/mol. The normalized spacial score (nSPS) is 17.1. The number of hydrogen-bond donors (Lipinski definition) is 1. The van der Waals surface area contributed by atoms with Crippen LogP contribution in [0, 0.1) is 0 Å². The fourth-order valence-electron chi connectivity index (χ4n) is 4.06. The van der Waals surface area contributed by atoms with Crippen LogP contribution in [0.1, 0.15) is 27.0 Å². The van der Waals surface area contributed by atoms with Crippen molar-refractivity contribution >= 4 is 23.8 Å². The van der Waals surface area contributed by atoms with E-state index >= 15 is 0 Å². The first-order valence-electron chi connectivity index (χ1n) is 11.3. The van der Waals surface area contributed by atoms with Gasteiger partial charge in [0.25, 0.3) is 5.91 Å². The molecule has 174 valence electrons. The zero-order valence-corrected chi connectivity index (χ0v) is 19.3. The number of piperazine rings is 1. The number of hydrogen-bond acceptors (Lipinski definition) is 7. The molecular formula is C25H31N5O3. The van der Waals surface area contributed by atoms with E-state index in [0.29, 0.717) is 12.1 Å². The van der Waals surface area contributed by atoms with Crippen LogP contribution in [0.4, 0.5) is 5.69 Å². The largest absolute Gasteiger partial charge is 0.468 e. The van der Waals surface area contributed by atoms with Crippen molar-refractivity contribution in [2.45, 2.75) is 13.0 Å². The van der Waals surface area contributed by atoms with Crippen molar-refractivity contribution < 1.29 is 14.3 Å². The highest BCUT2D eigenvalue weighted by molar-refractivity contribution is 6.04. The number of hydrazone groups is 1. The molecule has 0 saturated carbocycles. The van der Waals surface area contributed by atoms with E-state index in [-0.39, 0.29) is 18.4 Å². The molecule has 2 aromatic rings. The SMILES string of the molecule is COC(=O)CN1CCc2ccc(NC(=O)c3ccc(/C=N/N4CCN(C)CC4)cc3)cc2C1. The first kappa shape index (κ1) is 22.9. The third kappa shape index (κ3) is 6.18. The molecule has 1 N–H and O–H groups in total. The number of benzene rings is 2. The Bertz CT molecular complexity index is 1010. The maximum absolute atomic E-state index is 12.7. The first-order chi connectivity index (χ1) is 16.0. The number of carbonyl (C=O) groups is 2. The van der Waals surface area contributed by atoms with Gasteiger partial charge in [0.15, 0.2) is 0 Å². The molecule has 4 rings (SSSR count). The van der Waals surface area contributed by atoms with Crippen LogP contribution >= 0.6 is 0 Å². The second-order valence-corrected chi connectivity index (χ2v) is 8.60. The summed E-state index contributed by atoms with van der Waals surface area (Å²) in [5.74, 6) is -0.389. The number of anilines is 1. The molecule has 2 aromatic carbocycles. The zero-order chi connectivity index (χ0) is 23.2. The van der Waals surface area contributed by atoms with Gasteiger partial charge in [0.2, 0.25) is 0 Å². The Morgan fingerprint density at radius 1 is 1.03 bits per heavy atom. The fourth-order valence-corrected chi connectivity index (χ4v) is 4.06. The lowest BCUT2D eigenvalue weighted by molar-refractivity contribution is -0.142. The van der Waals surface area contributed by atoms with E-state index in [4.69, 9.17) is 4.74 Å². The van der Waals surface area contributed by atoms with Gasteiger partial charge in [-0.25, -0.2) is 0 Å². The van der Waals surface area contributed by atoms with E-state index < -0.39 is 0 Å². The van der Waals surface area contributed by atoms with Crippen molar-refractivity contribution in [2.75, 3.05) is 58.7 Å². The molecule has 0 radical (unpaired) electrons. The minimum absolute atomic E-state index is 0.153. The highest BCUT2D eigenvalue weighted by atomic mass is 16.5. The molecule has 2 aliphatic heterocycles. The maximum atomic E-state index is 12.7. The van der Waals surface area contributed by atoms with Gasteiger partial charge in [-0.05, 0) is 54.4 Å². The number of likely N-dealkylation sites (N-methyl/N-ethyl adjacent to an activating group) is 1. The highest BCUT2D eigenvalue weighted by Crippen LogP contribution is 2.23. The van der Waals surface area contributed by atoms with Crippen LogP contribution in [0.5, 0.6) is 0 Å². The van der Waals surface area contributed by atoms with Crippen LogP contribution in [-0.2, 0) is 22.5 Å². The summed E-state index contributed by atoms with van der Waals surface area (Å²) in [5, 5.41) is 9.61. The van der Waals surface area contributed by atoms with Gasteiger partial charge in [0.05, 0.1) is 19.9 Å². The summed E-state index contributed by atoms with van der Waals surface area (Å²) in [6, 6.07) is 13.4. The van der Waals surface area contributed by atoms with Gasteiger partial charge < -0.3 is 15.0 Å². The third-order valence-electron chi connectivity index (χ3n) is 6.16. The predicted octanol–water partition coefficient (Wildman–Crippen LogP) is 2.05. The molecule has 0 aromatic heterocycles. The Balaban J connectivity index is 1.34. The van der Waals surface area contributed by atoms with E-state index in [1.54, 1.807) is 0 Å². The number of amides is 1. The summed E-state index contributed by atoms with van der Waals surface area (Å²) in [7, 11) is 3.52. The van der Waals surface area contributed by atoms with Crippen molar-refractivity contribution in [1.29, 1.82) is 0 Å². The Morgan fingerprint density at radius 3 is 2.52 bits per heavy atom. The quantitative estimate of drug-likeness (QED) is 0.537. The van der Waals surface area contributed by atoms with Gasteiger partial charge in [-0.1, -0.05) is 18.2 Å². The number of nitrogens with zero attached hydrogens (tertiary/aromatic N) is 4. The summed E-state index contributed by atoms with van der Waals surface area (Å²) in [6.45, 7) is 5.64. The Hall–Kier alpha value is -3.23. The minimum Gasteiger partial charge on any atom is -0.468 e. The lowest BCUT2D eigenvalue weighted by Gasteiger charge is -2.30. The summed E-state index contributed by atoms with van der Waals surface area (Å²) >= 11 is 0. The van der Waals surface area contributed by atoms with Crippen molar-refractivity contribution in [2.24, 2.45) is 5.10 Å². The van der Waals surface area contributed by atoms with Crippen LogP contribution in [0.25, 0.3) is 0 Å². The molecule has 1 saturated heterocycles. The molecule has 2 aliphatic rings. The standard InChI is InChI=1S/C25H31N5O3/c1-28-11-13-30(14-12-28)26-16-19-3-5-21(6-4-19)25(32)27-23-8-7-20-9-10-29(17-22(20)15-23)18-24(31)33-2/h3-8,15-16H,9-14,17-18H2,1-2H3,(H,27,32)/b26-16+. The second kappa shape index (κ2) is 10.6. The number of ether oxygens (including phenoxy) is 1. The smallest absolute Gasteiger partial charge is 0.319 e. The third-order valence-corrected chi connectivity index (χ3v) is 6.16. The van der Waals surface area contributed by atoms with E-state index in [0.717, 1.165) is 56.0 Å². The van der Waals surface area contributed by atoms with E-state index in [2.05, 4.69) is 38.3 Å².